The molecule has 0 saturated carbocycles. The minimum Gasteiger partial charge on any atom is -0.481 e. The number of hydrogen-bond acceptors (Lipinski definition) is 3. The first-order chi connectivity index (χ1) is 7.97. The Morgan fingerprint density at radius 1 is 1.18 bits per heavy atom. The molecule has 0 aromatic carbocycles. The van der Waals surface area contributed by atoms with Crippen molar-refractivity contribution in [2.45, 2.75) is 45.6 Å². The van der Waals surface area contributed by atoms with E-state index in [1.54, 1.807) is 13.8 Å². The van der Waals surface area contributed by atoms with Crippen molar-refractivity contribution in [1.29, 1.82) is 0 Å². The predicted octanol–water partition coefficient (Wildman–Crippen LogP) is 0.272. The quantitative estimate of drug-likeness (QED) is 0.534. The Kier molecular flexibility index (Phi) is 7.75. The summed E-state index contributed by atoms with van der Waals surface area (Å²) in [6.45, 7) is 3.94. The standard InChI is InChI=1S/C11H20N2O4/c1-3-12-11(17)8(2)13-9(14)6-4-5-7-10(15)16/h8H,3-7H2,1-2H3,(H,12,17)(H,13,14)(H,15,16). The highest BCUT2D eigenvalue weighted by atomic mass is 16.4. The highest BCUT2D eigenvalue weighted by molar-refractivity contribution is 5.87. The molecule has 0 spiro atoms. The fraction of sp³-hybridized carbons (Fsp3) is 0.727. The molecule has 2 amide bonds. The van der Waals surface area contributed by atoms with Crippen molar-refractivity contribution < 1.29 is 19.5 Å². The molecule has 0 aromatic rings. The zero-order valence-electron chi connectivity index (χ0n) is 10.3. The first-order valence-electron chi connectivity index (χ1n) is 5.76. The number of nitrogens with one attached hydrogen (secondary N) is 2. The smallest absolute Gasteiger partial charge is 0.303 e. The number of aliphatic carboxylic acids is 1. The van der Waals surface area contributed by atoms with E-state index >= 15 is 0 Å². The number of amides is 2. The van der Waals surface area contributed by atoms with Gasteiger partial charge in [0.2, 0.25) is 11.8 Å². The van der Waals surface area contributed by atoms with Crippen LogP contribution in [0.1, 0.15) is 39.5 Å². The molecule has 0 fully saturated rings. The third-order valence-corrected chi connectivity index (χ3v) is 2.17. The van der Waals surface area contributed by atoms with Crippen LogP contribution in [0.15, 0.2) is 0 Å². The first-order valence-corrected chi connectivity index (χ1v) is 5.76. The summed E-state index contributed by atoms with van der Waals surface area (Å²) in [4.78, 5) is 32.9. The monoisotopic (exact) mass is 244 g/mol. The normalized spacial score (nSPS) is 11.6. The van der Waals surface area contributed by atoms with Crippen molar-refractivity contribution in [2.75, 3.05) is 6.54 Å². The number of unbranched alkanes of at least 4 members (excludes halogenated alkanes) is 1. The molecule has 98 valence electrons. The topological polar surface area (TPSA) is 95.5 Å². The van der Waals surface area contributed by atoms with E-state index in [0.717, 1.165) is 0 Å². The predicted molar refractivity (Wildman–Crippen MR) is 62.4 cm³/mol. The van der Waals surface area contributed by atoms with Crippen molar-refractivity contribution in [1.82, 2.24) is 10.6 Å². The Hall–Kier alpha value is -1.59. The van der Waals surface area contributed by atoms with Gasteiger partial charge in [0.25, 0.3) is 0 Å². The van der Waals surface area contributed by atoms with Gasteiger partial charge >= 0.3 is 5.97 Å². The fourth-order valence-electron chi connectivity index (χ4n) is 1.27. The Labute approximate surface area is 101 Å². The molecule has 3 N–H and O–H groups in total. The summed E-state index contributed by atoms with van der Waals surface area (Å²) in [5, 5.41) is 13.6. The van der Waals surface area contributed by atoms with Crippen LogP contribution in [-0.4, -0.2) is 35.5 Å². The van der Waals surface area contributed by atoms with Crippen LogP contribution in [-0.2, 0) is 14.4 Å². The molecule has 1 unspecified atom stereocenters. The minimum absolute atomic E-state index is 0.0686. The maximum absolute atomic E-state index is 11.4. The van der Waals surface area contributed by atoms with Crippen LogP contribution in [0, 0.1) is 0 Å². The van der Waals surface area contributed by atoms with Gasteiger partial charge in [0, 0.05) is 19.4 Å². The molecule has 0 bridgehead atoms. The van der Waals surface area contributed by atoms with Gasteiger partial charge in [-0.3, -0.25) is 14.4 Å². The van der Waals surface area contributed by atoms with Gasteiger partial charge in [-0.05, 0) is 26.7 Å². The zero-order chi connectivity index (χ0) is 13.3. The van der Waals surface area contributed by atoms with Gasteiger partial charge in [-0.1, -0.05) is 0 Å². The molecule has 6 heteroatoms. The molecule has 0 rings (SSSR count). The highest BCUT2D eigenvalue weighted by Gasteiger charge is 2.14. The van der Waals surface area contributed by atoms with E-state index in [-0.39, 0.29) is 24.7 Å². The molecule has 1 atom stereocenters. The molecule has 6 nitrogen and oxygen atoms in total. The molecule has 0 aliphatic heterocycles. The highest BCUT2D eigenvalue weighted by Crippen LogP contribution is 2.00. The van der Waals surface area contributed by atoms with Crippen LogP contribution >= 0.6 is 0 Å². The van der Waals surface area contributed by atoms with E-state index in [1.165, 1.54) is 0 Å². The van der Waals surface area contributed by atoms with Crippen molar-refractivity contribution in [3.05, 3.63) is 0 Å². The Bertz CT molecular complexity index is 279. The largest absolute Gasteiger partial charge is 0.481 e. The fourth-order valence-corrected chi connectivity index (χ4v) is 1.27. The second-order valence-electron chi connectivity index (χ2n) is 3.78. The van der Waals surface area contributed by atoms with E-state index in [0.29, 0.717) is 19.4 Å². The number of carboxylic acids is 1. The summed E-state index contributed by atoms with van der Waals surface area (Å²) >= 11 is 0. The van der Waals surface area contributed by atoms with Gasteiger partial charge in [0.15, 0.2) is 0 Å². The van der Waals surface area contributed by atoms with E-state index in [9.17, 15) is 14.4 Å². The number of carboxylic acid groups (broad SMARTS) is 1. The van der Waals surface area contributed by atoms with Gasteiger partial charge < -0.3 is 15.7 Å². The van der Waals surface area contributed by atoms with Crippen LogP contribution < -0.4 is 10.6 Å². The molecule has 0 aromatic heterocycles. The van der Waals surface area contributed by atoms with E-state index in [2.05, 4.69) is 10.6 Å². The third kappa shape index (κ3) is 8.24. The van der Waals surface area contributed by atoms with Crippen molar-refractivity contribution in [3.63, 3.8) is 0 Å². The number of carbonyl (C=O) groups excluding carboxylic acids is 2. The molecule has 17 heavy (non-hydrogen) atoms. The molecular weight excluding hydrogens is 224 g/mol. The summed E-state index contributed by atoms with van der Waals surface area (Å²) in [5.41, 5.74) is 0. The van der Waals surface area contributed by atoms with Crippen molar-refractivity contribution in [3.8, 4) is 0 Å². The Morgan fingerprint density at radius 3 is 2.29 bits per heavy atom. The average molecular weight is 244 g/mol. The molecule has 0 aliphatic carbocycles. The van der Waals surface area contributed by atoms with Gasteiger partial charge in [0.1, 0.15) is 6.04 Å². The summed E-state index contributed by atoms with van der Waals surface area (Å²) in [6, 6.07) is -0.554. The van der Waals surface area contributed by atoms with Crippen LogP contribution in [0.2, 0.25) is 0 Å². The lowest BCUT2D eigenvalue weighted by Crippen LogP contribution is -2.44. The molecular formula is C11H20N2O4. The van der Waals surface area contributed by atoms with Gasteiger partial charge in [-0.2, -0.15) is 0 Å². The summed E-state index contributed by atoms with van der Waals surface area (Å²) in [6.07, 6.45) is 1.30. The average Bonchev–Trinajstić information content (AvgIpc) is 2.24. The number of rotatable bonds is 8. The van der Waals surface area contributed by atoms with Crippen molar-refractivity contribution in [2.24, 2.45) is 0 Å². The number of hydrogen-bond donors (Lipinski definition) is 3. The number of carbonyl (C=O) groups is 3. The second kappa shape index (κ2) is 8.55. The SMILES string of the molecule is CCNC(=O)C(C)NC(=O)CCCCC(=O)O. The lowest BCUT2D eigenvalue weighted by Gasteiger charge is -2.12. The molecule has 0 aliphatic rings. The van der Waals surface area contributed by atoms with Crippen LogP contribution in [0.3, 0.4) is 0 Å². The van der Waals surface area contributed by atoms with E-state index < -0.39 is 12.0 Å². The summed E-state index contributed by atoms with van der Waals surface area (Å²) < 4.78 is 0. The second-order valence-corrected chi connectivity index (χ2v) is 3.78. The Balaban J connectivity index is 3.71. The Morgan fingerprint density at radius 2 is 1.76 bits per heavy atom. The molecule has 0 radical (unpaired) electrons. The number of likely N-dealkylation sites (N-methyl/N-ethyl adjacent to an activating group) is 1. The zero-order valence-corrected chi connectivity index (χ0v) is 10.3. The van der Waals surface area contributed by atoms with Gasteiger partial charge in [-0.25, -0.2) is 0 Å². The van der Waals surface area contributed by atoms with Crippen molar-refractivity contribution >= 4 is 17.8 Å². The van der Waals surface area contributed by atoms with Gasteiger partial charge in [0.05, 0.1) is 0 Å². The summed E-state index contributed by atoms with van der Waals surface area (Å²) in [7, 11) is 0. The minimum atomic E-state index is -0.860. The van der Waals surface area contributed by atoms with E-state index in [4.69, 9.17) is 5.11 Å². The van der Waals surface area contributed by atoms with Gasteiger partial charge in [-0.15, -0.1) is 0 Å². The third-order valence-electron chi connectivity index (χ3n) is 2.17. The summed E-state index contributed by atoms with van der Waals surface area (Å²) in [5.74, 6) is -1.30. The lowest BCUT2D eigenvalue weighted by atomic mass is 10.2. The van der Waals surface area contributed by atoms with Crippen LogP contribution in [0.4, 0.5) is 0 Å². The first kappa shape index (κ1) is 15.4. The molecule has 0 saturated heterocycles. The maximum Gasteiger partial charge on any atom is 0.303 e. The molecule has 0 heterocycles. The lowest BCUT2D eigenvalue weighted by molar-refractivity contribution is -0.137. The van der Waals surface area contributed by atoms with Crippen LogP contribution in [0.5, 0.6) is 0 Å². The maximum atomic E-state index is 11.4. The van der Waals surface area contributed by atoms with Crippen LogP contribution in [0.25, 0.3) is 0 Å². The van der Waals surface area contributed by atoms with E-state index in [1.807, 2.05) is 0 Å².